The minimum absolute atomic E-state index is 0.0894. The van der Waals surface area contributed by atoms with E-state index in [1.807, 2.05) is 13.0 Å². The Morgan fingerprint density at radius 2 is 2.17 bits per heavy atom. The second-order valence-corrected chi connectivity index (χ2v) is 4.04. The third-order valence-electron chi connectivity index (χ3n) is 2.79. The van der Waals surface area contributed by atoms with Crippen molar-refractivity contribution in [1.29, 1.82) is 5.26 Å². The highest BCUT2D eigenvalue weighted by Gasteiger charge is 2.05. The van der Waals surface area contributed by atoms with Gasteiger partial charge in [-0.2, -0.15) is 5.26 Å². The third-order valence-corrected chi connectivity index (χ3v) is 2.79. The fraction of sp³-hybridized carbons (Fsp3) is 0.143. The minimum Gasteiger partial charge on any atom is -0.310 e. The van der Waals surface area contributed by atoms with Crippen LogP contribution in [0.1, 0.15) is 16.7 Å². The molecule has 0 aliphatic carbocycles. The van der Waals surface area contributed by atoms with Crippen LogP contribution in [0.25, 0.3) is 0 Å². The van der Waals surface area contributed by atoms with E-state index >= 15 is 0 Å². The normalized spacial score (nSPS) is 10.1. The van der Waals surface area contributed by atoms with Gasteiger partial charge in [-0.05, 0) is 42.3 Å². The van der Waals surface area contributed by atoms with Crippen LogP contribution in [0, 0.1) is 24.1 Å². The number of halogens is 1. The lowest BCUT2D eigenvalue weighted by Crippen LogP contribution is -2.22. The topological polar surface area (TPSA) is 45.8 Å². The first kappa shape index (κ1) is 12.1. The van der Waals surface area contributed by atoms with Crippen molar-refractivity contribution in [1.82, 2.24) is 4.57 Å². The number of aromatic nitrogens is 1. The molecule has 2 rings (SSSR count). The summed E-state index contributed by atoms with van der Waals surface area (Å²) in [4.78, 5) is 11.8. The van der Waals surface area contributed by atoms with Gasteiger partial charge in [0.2, 0.25) is 0 Å². The Balaban J connectivity index is 2.44. The van der Waals surface area contributed by atoms with Crippen molar-refractivity contribution in [2.24, 2.45) is 0 Å². The van der Waals surface area contributed by atoms with Gasteiger partial charge in [0.05, 0.1) is 6.54 Å². The molecule has 0 amide bonds. The lowest BCUT2D eigenvalue weighted by Gasteiger charge is -2.08. The van der Waals surface area contributed by atoms with Crippen LogP contribution in [-0.2, 0) is 6.54 Å². The summed E-state index contributed by atoms with van der Waals surface area (Å²) < 4.78 is 14.6. The van der Waals surface area contributed by atoms with Crippen molar-refractivity contribution < 1.29 is 4.39 Å². The number of aryl methyl sites for hydroxylation is 1. The van der Waals surface area contributed by atoms with E-state index in [1.165, 1.54) is 22.8 Å². The van der Waals surface area contributed by atoms with Crippen LogP contribution in [0.4, 0.5) is 4.39 Å². The van der Waals surface area contributed by atoms with E-state index in [1.54, 1.807) is 18.3 Å². The Bertz CT molecular complexity index is 683. The van der Waals surface area contributed by atoms with E-state index in [2.05, 4.69) is 0 Å². The molecule has 0 unspecified atom stereocenters. The summed E-state index contributed by atoms with van der Waals surface area (Å²) in [7, 11) is 0. The van der Waals surface area contributed by atoms with Crippen molar-refractivity contribution in [3.8, 4) is 6.07 Å². The van der Waals surface area contributed by atoms with Gasteiger partial charge >= 0.3 is 0 Å². The SMILES string of the molecule is Cc1ccc(F)cc1Cn1cccc(C#N)c1=O. The van der Waals surface area contributed by atoms with E-state index in [-0.39, 0.29) is 23.5 Å². The first-order valence-electron chi connectivity index (χ1n) is 5.46. The Hall–Kier alpha value is -2.41. The third kappa shape index (κ3) is 2.30. The number of nitriles is 1. The van der Waals surface area contributed by atoms with Gasteiger partial charge in [-0.3, -0.25) is 4.79 Å². The molecule has 1 aromatic heterocycles. The van der Waals surface area contributed by atoms with Gasteiger partial charge in [-0.1, -0.05) is 6.07 Å². The van der Waals surface area contributed by atoms with Crippen LogP contribution in [-0.4, -0.2) is 4.57 Å². The number of benzene rings is 1. The van der Waals surface area contributed by atoms with Crippen molar-refractivity contribution in [2.45, 2.75) is 13.5 Å². The number of hydrogen-bond acceptors (Lipinski definition) is 2. The smallest absolute Gasteiger partial charge is 0.268 e. The summed E-state index contributed by atoms with van der Waals surface area (Å²) in [5.74, 6) is -0.333. The summed E-state index contributed by atoms with van der Waals surface area (Å²) in [5.41, 5.74) is 1.37. The van der Waals surface area contributed by atoms with E-state index in [0.29, 0.717) is 0 Å². The largest absolute Gasteiger partial charge is 0.310 e. The van der Waals surface area contributed by atoms with E-state index in [0.717, 1.165) is 11.1 Å². The molecule has 3 nitrogen and oxygen atoms in total. The molecule has 0 bridgehead atoms. The van der Waals surface area contributed by atoms with Gasteiger partial charge in [0.25, 0.3) is 5.56 Å². The molecule has 0 aliphatic heterocycles. The zero-order valence-corrected chi connectivity index (χ0v) is 9.85. The maximum absolute atomic E-state index is 13.2. The fourth-order valence-corrected chi connectivity index (χ4v) is 1.74. The lowest BCUT2D eigenvalue weighted by atomic mass is 10.1. The predicted octanol–water partition coefficient (Wildman–Crippen LogP) is 2.22. The molecular formula is C14H11FN2O. The molecule has 0 saturated carbocycles. The molecule has 0 radical (unpaired) electrons. The second kappa shape index (κ2) is 4.84. The van der Waals surface area contributed by atoms with Gasteiger partial charge < -0.3 is 4.57 Å². The molecule has 2 aromatic rings. The van der Waals surface area contributed by atoms with Crippen LogP contribution in [0.3, 0.4) is 0 Å². The van der Waals surface area contributed by atoms with Crippen LogP contribution in [0.5, 0.6) is 0 Å². The van der Waals surface area contributed by atoms with Crippen molar-refractivity contribution in [2.75, 3.05) is 0 Å². The van der Waals surface area contributed by atoms with E-state index < -0.39 is 0 Å². The van der Waals surface area contributed by atoms with Gasteiger partial charge in [0.1, 0.15) is 17.4 Å². The van der Waals surface area contributed by atoms with Crippen LogP contribution in [0.2, 0.25) is 0 Å². The van der Waals surface area contributed by atoms with Gasteiger partial charge in [-0.25, -0.2) is 4.39 Å². The minimum atomic E-state index is -0.358. The average Bonchev–Trinajstić information content (AvgIpc) is 2.36. The second-order valence-electron chi connectivity index (χ2n) is 4.04. The van der Waals surface area contributed by atoms with Gasteiger partial charge in [0.15, 0.2) is 0 Å². The number of rotatable bonds is 2. The molecular weight excluding hydrogens is 231 g/mol. The van der Waals surface area contributed by atoms with E-state index in [4.69, 9.17) is 5.26 Å². The molecule has 0 N–H and O–H groups in total. The summed E-state index contributed by atoms with van der Waals surface area (Å²) in [5, 5.41) is 8.78. The standard InChI is InChI=1S/C14H11FN2O/c1-10-4-5-13(15)7-12(10)9-17-6-2-3-11(8-16)14(17)18/h2-7H,9H2,1H3. The highest BCUT2D eigenvalue weighted by molar-refractivity contribution is 5.29. The molecule has 0 spiro atoms. The Morgan fingerprint density at radius 1 is 1.39 bits per heavy atom. The quantitative estimate of drug-likeness (QED) is 0.810. The molecule has 0 fully saturated rings. The maximum atomic E-state index is 13.2. The van der Waals surface area contributed by atoms with E-state index in [9.17, 15) is 9.18 Å². The van der Waals surface area contributed by atoms with Crippen LogP contribution >= 0.6 is 0 Å². The van der Waals surface area contributed by atoms with Crippen molar-refractivity contribution in [3.63, 3.8) is 0 Å². The zero-order chi connectivity index (χ0) is 13.1. The monoisotopic (exact) mass is 242 g/mol. The zero-order valence-electron chi connectivity index (χ0n) is 9.85. The molecule has 0 aliphatic rings. The molecule has 0 atom stereocenters. The number of hydrogen-bond donors (Lipinski definition) is 0. The summed E-state index contributed by atoms with van der Waals surface area (Å²) >= 11 is 0. The van der Waals surface area contributed by atoms with Crippen LogP contribution in [0.15, 0.2) is 41.3 Å². The summed E-state index contributed by atoms with van der Waals surface area (Å²) in [6, 6.07) is 9.40. The Labute approximate surface area is 104 Å². The molecule has 1 heterocycles. The van der Waals surface area contributed by atoms with Crippen molar-refractivity contribution in [3.05, 3.63) is 69.4 Å². The van der Waals surface area contributed by atoms with Crippen molar-refractivity contribution >= 4 is 0 Å². The molecule has 18 heavy (non-hydrogen) atoms. The summed E-state index contributed by atoms with van der Waals surface area (Å²) in [6.45, 7) is 2.12. The average molecular weight is 242 g/mol. The van der Waals surface area contributed by atoms with Gasteiger partial charge in [-0.15, -0.1) is 0 Å². The lowest BCUT2D eigenvalue weighted by molar-refractivity contribution is 0.621. The Morgan fingerprint density at radius 3 is 2.89 bits per heavy atom. The molecule has 0 saturated heterocycles. The number of pyridine rings is 1. The Kier molecular flexibility index (Phi) is 3.24. The molecule has 90 valence electrons. The number of nitrogens with zero attached hydrogens (tertiary/aromatic N) is 2. The molecule has 4 heteroatoms. The predicted molar refractivity (Wildman–Crippen MR) is 65.7 cm³/mol. The highest BCUT2D eigenvalue weighted by Crippen LogP contribution is 2.11. The molecule has 1 aromatic carbocycles. The highest BCUT2D eigenvalue weighted by atomic mass is 19.1. The fourth-order valence-electron chi connectivity index (χ4n) is 1.74. The maximum Gasteiger partial charge on any atom is 0.268 e. The summed E-state index contributed by atoms with van der Waals surface area (Å²) in [6.07, 6.45) is 1.59. The van der Waals surface area contributed by atoms with Gasteiger partial charge in [0, 0.05) is 6.20 Å². The van der Waals surface area contributed by atoms with Crippen LogP contribution < -0.4 is 5.56 Å². The first-order chi connectivity index (χ1) is 8.61. The first-order valence-corrected chi connectivity index (χ1v) is 5.46.